The third kappa shape index (κ3) is 4.87. The maximum absolute atomic E-state index is 13.3. The second-order valence-electron chi connectivity index (χ2n) is 8.62. The van der Waals surface area contributed by atoms with Crippen LogP contribution in [0.1, 0.15) is 55.7 Å². The number of benzene rings is 2. The van der Waals surface area contributed by atoms with Crippen LogP contribution in [0.25, 0.3) is 0 Å². The van der Waals surface area contributed by atoms with Crippen LogP contribution >= 0.6 is 11.6 Å². The van der Waals surface area contributed by atoms with E-state index in [-0.39, 0.29) is 23.4 Å². The normalized spacial score (nSPS) is 23.1. The van der Waals surface area contributed by atoms with Crippen molar-refractivity contribution in [1.29, 1.82) is 0 Å². The van der Waals surface area contributed by atoms with Crippen molar-refractivity contribution < 1.29 is 14.3 Å². The number of methoxy groups -OCH3 is 1. The van der Waals surface area contributed by atoms with E-state index in [1.54, 1.807) is 7.11 Å². The molecule has 1 N–H and O–H groups in total. The first-order valence-corrected chi connectivity index (χ1v) is 11.4. The number of nitrogens with one attached hydrogen (secondary N) is 1. The minimum atomic E-state index is -0.375. The average Bonchev–Trinajstić information content (AvgIpc) is 3.41. The second-order valence-corrected chi connectivity index (χ2v) is 9.06. The molecule has 0 bridgehead atoms. The minimum Gasteiger partial charge on any atom is -0.496 e. The first-order valence-electron chi connectivity index (χ1n) is 11.0. The number of para-hydroxylation sites is 1. The number of hydrogen-bond donors (Lipinski definition) is 1. The van der Waals surface area contributed by atoms with Gasteiger partial charge in [0.2, 0.25) is 11.8 Å². The van der Waals surface area contributed by atoms with Gasteiger partial charge in [-0.25, -0.2) is 0 Å². The van der Waals surface area contributed by atoms with Crippen molar-refractivity contribution in [3.05, 3.63) is 64.7 Å². The van der Waals surface area contributed by atoms with Gasteiger partial charge in [-0.2, -0.15) is 0 Å². The fraction of sp³-hybridized carbons (Fsp3) is 0.440. The number of nitrogens with zero attached hydrogens (tertiary/aromatic N) is 1. The highest BCUT2D eigenvalue weighted by Gasteiger charge is 2.39. The number of likely N-dealkylation sites (tertiary alicyclic amines) is 1. The van der Waals surface area contributed by atoms with Crippen LogP contribution in [-0.2, 0) is 16.0 Å². The molecule has 0 aliphatic carbocycles. The number of amides is 2. The lowest BCUT2D eigenvalue weighted by molar-refractivity contribution is -0.132. The summed E-state index contributed by atoms with van der Waals surface area (Å²) in [5.41, 5.74) is 1.81. The average molecular weight is 441 g/mol. The molecule has 2 aliphatic rings. The summed E-state index contributed by atoms with van der Waals surface area (Å²) in [5.74, 6) is 1.04. The van der Waals surface area contributed by atoms with Gasteiger partial charge in [0.25, 0.3) is 0 Å². The number of hydrogen-bond acceptors (Lipinski definition) is 3. The monoisotopic (exact) mass is 440 g/mol. The Labute approximate surface area is 188 Å². The largest absolute Gasteiger partial charge is 0.496 e. The quantitative estimate of drug-likeness (QED) is 0.679. The summed E-state index contributed by atoms with van der Waals surface area (Å²) in [6.45, 7) is 0.762. The van der Waals surface area contributed by atoms with Crippen LogP contribution < -0.4 is 10.1 Å². The molecule has 2 atom stereocenters. The molecule has 2 heterocycles. The summed E-state index contributed by atoms with van der Waals surface area (Å²) in [6.07, 6.45) is 4.95. The number of ether oxygens (including phenoxy) is 1. The standard InChI is InChI=1S/C25H29ClN2O3/c1-31-22-7-3-2-5-20(22)21-6-4-16-28(21)24(30)13-15-25(14-12-23(29)27-25)17-18-8-10-19(26)11-9-18/h2-3,5,7-11,21H,4,6,12-17H2,1H3,(H,27,29)/t21-,25+/m1/s1. The fourth-order valence-electron chi connectivity index (χ4n) is 5.00. The number of halogens is 1. The smallest absolute Gasteiger partial charge is 0.223 e. The van der Waals surface area contributed by atoms with E-state index in [0.29, 0.717) is 30.7 Å². The van der Waals surface area contributed by atoms with Gasteiger partial charge in [0.05, 0.1) is 13.2 Å². The topological polar surface area (TPSA) is 58.6 Å². The van der Waals surface area contributed by atoms with Gasteiger partial charge in [0.1, 0.15) is 5.75 Å². The Bertz CT molecular complexity index is 946. The minimum absolute atomic E-state index is 0.0500. The molecule has 0 radical (unpaired) electrons. The van der Waals surface area contributed by atoms with Crippen molar-refractivity contribution in [2.24, 2.45) is 0 Å². The third-order valence-corrected chi connectivity index (χ3v) is 6.83. The summed E-state index contributed by atoms with van der Waals surface area (Å²) in [6, 6.07) is 15.7. The van der Waals surface area contributed by atoms with E-state index in [4.69, 9.17) is 16.3 Å². The molecular formula is C25H29ClN2O3. The van der Waals surface area contributed by atoms with Gasteiger partial charge in [0, 0.05) is 35.5 Å². The molecule has 4 rings (SSSR count). The molecule has 5 nitrogen and oxygen atoms in total. The van der Waals surface area contributed by atoms with E-state index in [1.165, 1.54) is 0 Å². The molecule has 2 amide bonds. The van der Waals surface area contributed by atoms with Crippen molar-refractivity contribution in [1.82, 2.24) is 10.2 Å². The summed E-state index contributed by atoms with van der Waals surface area (Å²) in [4.78, 5) is 27.3. The zero-order chi connectivity index (χ0) is 21.8. The highest BCUT2D eigenvalue weighted by molar-refractivity contribution is 6.30. The molecule has 0 aromatic heterocycles. The molecule has 0 unspecified atom stereocenters. The van der Waals surface area contributed by atoms with Gasteiger partial charge in [0.15, 0.2) is 0 Å². The molecule has 31 heavy (non-hydrogen) atoms. The van der Waals surface area contributed by atoms with Crippen molar-refractivity contribution in [3.63, 3.8) is 0 Å². The zero-order valence-electron chi connectivity index (χ0n) is 17.9. The Hall–Kier alpha value is -2.53. The molecule has 2 aromatic rings. The predicted octanol–water partition coefficient (Wildman–Crippen LogP) is 4.68. The molecule has 2 aliphatic heterocycles. The lowest BCUT2D eigenvalue weighted by Gasteiger charge is -2.31. The summed E-state index contributed by atoms with van der Waals surface area (Å²) in [7, 11) is 1.67. The van der Waals surface area contributed by atoms with Crippen LogP contribution in [0, 0.1) is 0 Å². The van der Waals surface area contributed by atoms with E-state index < -0.39 is 0 Å². The molecule has 6 heteroatoms. The Morgan fingerprint density at radius 1 is 1.23 bits per heavy atom. The van der Waals surface area contributed by atoms with Crippen molar-refractivity contribution >= 4 is 23.4 Å². The Morgan fingerprint density at radius 2 is 2.00 bits per heavy atom. The van der Waals surface area contributed by atoms with Crippen molar-refractivity contribution in [3.8, 4) is 5.75 Å². The molecule has 0 saturated carbocycles. The van der Waals surface area contributed by atoms with Crippen molar-refractivity contribution in [2.75, 3.05) is 13.7 Å². The molecular weight excluding hydrogens is 412 g/mol. The third-order valence-electron chi connectivity index (χ3n) is 6.58. The maximum atomic E-state index is 13.3. The Kier molecular flexibility index (Phi) is 6.51. The van der Waals surface area contributed by atoms with Crippen LogP contribution in [0.3, 0.4) is 0 Å². The van der Waals surface area contributed by atoms with Crippen molar-refractivity contribution in [2.45, 2.75) is 56.5 Å². The van der Waals surface area contributed by atoms with Crippen LogP contribution in [0.15, 0.2) is 48.5 Å². The zero-order valence-corrected chi connectivity index (χ0v) is 18.7. The second kappa shape index (κ2) is 9.31. The lowest BCUT2D eigenvalue weighted by Crippen LogP contribution is -2.45. The Balaban J connectivity index is 1.46. The first kappa shape index (κ1) is 21.7. The van der Waals surface area contributed by atoms with E-state index in [1.807, 2.05) is 53.4 Å². The van der Waals surface area contributed by atoms with Gasteiger partial charge in [-0.3, -0.25) is 9.59 Å². The van der Waals surface area contributed by atoms with Crippen LogP contribution in [-0.4, -0.2) is 35.9 Å². The fourth-order valence-corrected chi connectivity index (χ4v) is 5.12. The summed E-state index contributed by atoms with van der Waals surface area (Å²) >= 11 is 6.02. The highest BCUT2D eigenvalue weighted by Crippen LogP contribution is 2.38. The van der Waals surface area contributed by atoms with Crippen LogP contribution in [0.2, 0.25) is 5.02 Å². The van der Waals surface area contributed by atoms with E-state index >= 15 is 0 Å². The molecule has 2 aromatic carbocycles. The lowest BCUT2D eigenvalue weighted by atomic mass is 9.85. The van der Waals surface area contributed by atoms with Gasteiger partial charge in [-0.15, -0.1) is 0 Å². The first-order chi connectivity index (χ1) is 15.0. The van der Waals surface area contributed by atoms with Crippen LogP contribution in [0.4, 0.5) is 0 Å². The van der Waals surface area contributed by atoms with Gasteiger partial charge in [-0.05, 0) is 55.9 Å². The molecule has 164 valence electrons. The van der Waals surface area contributed by atoms with Gasteiger partial charge in [-0.1, -0.05) is 41.9 Å². The van der Waals surface area contributed by atoms with Crippen LogP contribution in [0.5, 0.6) is 5.75 Å². The van der Waals surface area contributed by atoms with Gasteiger partial charge >= 0.3 is 0 Å². The van der Waals surface area contributed by atoms with E-state index in [9.17, 15) is 9.59 Å². The van der Waals surface area contributed by atoms with Gasteiger partial charge < -0.3 is 15.0 Å². The summed E-state index contributed by atoms with van der Waals surface area (Å²) < 4.78 is 5.53. The van der Waals surface area contributed by atoms with E-state index in [2.05, 4.69) is 5.32 Å². The SMILES string of the molecule is COc1ccccc1[C@H]1CCCN1C(=O)CC[C@]1(Cc2ccc(Cl)cc2)CCC(=O)N1. The number of rotatable bonds is 7. The molecule has 2 saturated heterocycles. The summed E-state index contributed by atoms with van der Waals surface area (Å²) in [5, 5.41) is 3.87. The highest BCUT2D eigenvalue weighted by atomic mass is 35.5. The molecule has 0 spiro atoms. The van der Waals surface area contributed by atoms with E-state index in [0.717, 1.165) is 42.7 Å². The predicted molar refractivity (Wildman–Crippen MR) is 121 cm³/mol. The molecule has 2 fully saturated rings. The number of carbonyl (C=O) groups excluding carboxylic acids is 2. The number of carbonyl (C=O) groups is 2. The maximum Gasteiger partial charge on any atom is 0.223 e. The Morgan fingerprint density at radius 3 is 2.71 bits per heavy atom.